The molecule has 4 rings (SSSR count). The zero-order valence-electron chi connectivity index (χ0n) is 18.1. The van der Waals surface area contributed by atoms with Gasteiger partial charge in [-0.15, -0.1) is 0 Å². The lowest BCUT2D eigenvalue weighted by atomic mass is 9.73. The minimum absolute atomic E-state index is 0.137. The van der Waals surface area contributed by atoms with Gasteiger partial charge in [-0.25, -0.2) is 0 Å². The predicted molar refractivity (Wildman–Crippen MR) is 127 cm³/mol. The normalized spacial score (nSPS) is 37.3. The molecule has 0 aromatic heterocycles. The van der Waals surface area contributed by atoms with Gasteiger partial charge in [0.1, 0.15) is 5.54 Å². The Morgan fingerprint density at radius 3 is 2.48 bits per heavy atom. The van der Waals surface area contributed by atoms with E-state index >= 15 is 0 Å². The number of amides is 1. The molecular weight excluding hydrogens is 475 g/mol. The van der Waals surface area contributed by atoms with Crippen LogP contribution < -0.4 is 5.32 Å². The van der Waals surface area contributed by atoms with Crippen LogP contribution in [-0.2, 0) is 4.79 Å². The highest BCUT2D eigenvalue weighted by molar-refractivity contribution is 14.1. The van der Waals surface area contributed by atoms with E-state index in [9.17, 15) is 4.79 Å². The smallest absolute Gasteiger partial charge is 0.254 e. The van der Waals surface area contributed by atoms with Crippen LogP contribution in [0.25, 0.3) is 0 Å². The second kappa shape index (κ2) is 9.01. The number of guanidine groups is 1. The molecule has 29 heavy (non-hydrogen) atoms. The first-order valence-corrected chi connectivity index (χ1v) is 13.1. The highest BCUT2D eigenvalue weighted by atomic mass is 127. The van der Waals surface area contributed by atoms with Crippen molar-refractivity contribution in [2.75, 3.05) is 20.1 Å². The monoisotopic (exact) mass is 514 g/mol. The van der Waals surface area contributed by atoms with Crippen LogP contribution in [0.5, 0.6) is 0 Å². The summed E-state index contributed by atoms with van der Waals surface area (Å²) in [5.41, 5.74) is -0.558. The summed E-state index contributed by atoms with van der Waals surface area (Å²) >= 11 is 2.70. The minimum atomic E-state index is -0.558. The molecule has 0 unspecified atom stereocenters. The molecule has 2 aliphatic carbocycles. The van der Waals surface area contributed by atoms with E-state index in [1.54, 1.807) is 11.9 Å². The summed E-state index contributed by atoms with van der Waals surface area (Å²) in [6.07, 6.45) is 17.3. The maximum absolute atomic E-state index is 13.4. The third-order valence-electron chi connectivity index (χ3n) is 8.15. The number of hydrogen-bond donors (Lipinski definition) is 2. The molecule has 0 bridgehead atoms. The van der Waals surface area contributed by atoms with Gasteiger partial charge in [-0.2, -0.15) is 0 Å². The quantitative estimate of drug-likeness (QED) is 0.400. The van der Waals surface area contributed by atoms with E-state index in [0.29, 0.717) is 12.0 Å². The van der Waals surface area contributed by atoms with Gasteiger partial charge in [0.05, 0.1) is 0 Å². The van der Waals surface area contributed by atoms with Gasteiger partial charge in [0.2, 0.25) is 0 Å². The molecule has 2 aliphatic heterocycles. The third kappa shape index (κ3) is 4.78. The summed E-state index contributed by atoms with van der Waals surface area (Å²) in [6.45, 7) is 2.52. The van der Waals surface area contributed by atoms with E-state index in [1.165, 1.54) is 83.7 Å². The molecular formula is C23H39IN4O. The van der Waals surface area contributed by atoms with Crippen LogP contribution in [-0.4, -0.2) is 56.8 Å². The largest absolute Gasteiger partial charge is 0.342 e. The standard InChI is InChI=1S/C23H39IN4O/c1-27-20(29)23(26-21(27)25,13-11-18-8-3-2-4-9-18)17-22(24)12-7-10-19(16-22)28-14-5-6-15-28/h18-19H,2-17H2,1H3,(H2,25,26)/t19-,22-,23-/m1/s1. The Bertz CT molecular complexity index is 616. The first kappa shape index (κ1) is 21.8. The lowest BCUT2D eigenvalue weighted by Crippen LogP contribution is -2.53. The number of halogens is 1. The first-order valence-electron chi connectivity index (χ1n) is 12.0. The Morgan fingerprint density at radius 2 is 1.83 bits per heavy atom. The SMILES string of the molecule is CN1C(=N)N[C@](CCC2CCCCC2)(C[C@@]2(I)CCC[C@@H](N3CCCC3)C2)C1=O. The number of carbonyl (C=O) groups excluding carboxylic acids is 1. The lowest BCUT2D eigenvalue weighted by molar-refractivity contribution is -0.131. The van der Waals surface area contributed by atoms with Crippen molar-refractivity contribution in [2.24, 2.45) is 5.92 Å². The van der Waals surface area contributed by atoms with Gasteiger partial charge in [0.15, 0.2) is 5.96 Å². The second-order valence-electron chi connectivity index (χ2n) is 10.3. The lowest BCUT2D eigenvalue weighted by Gasteiger charge is -2.44. The fourth-order valence-corrected chi connectivity index (χ4v) is 8.03. The van der Waals surface area contributed by atoms with Crippen molar-refractivity contribution in [3.05, 3.63) is 0 Å². The summed E-state index contributed by atoms with van der Waals surface area (Å²) in [7, 11) is 1.77. The van der Waals surface area contributed by atoms with Crippen LogP contribution in [0.1, 0.15) is 89.9 Å². The number of hydrogen-bond acceptors (Lipinski definition) is 3. The average molecular weight is 514 g/mol. The molecule has 2 saturated carbocycles. The Kier molecular flexibility index (Phi) is 6.79. The van der Waals surface area contributed by atoms with E-state index in [2.05, 4.69) is 32.8 Å². The number of likely N-dealkylation sites (tertiary alicyclic amines) is 1. The van der Waals surface area contributed by atoms with E-state index in [4.69, 9.17) is 5.41 Å². The molecule has 164 valence electrons. The number of nitrogens with zero attached hydrogens (tertiary/aromatic N) is 2. The molecule has 0 spiro atoms. The van der Waals surface area contributed by atoms with Crippen molar-refractivity contribution in [3.63, 3.8) is 0 Å². The van der Waals surface area contributed by atoms with E-state index < -0.39 is 5.54 Å². The van der Waals surface area contributed by atoms with Crippen LogP contribution in [0.15, 0.2) is 0 Å². The first-order chi connectivity index (χ1) is 13.9. The Morgan fingerprint density at radius 1 is 1.10 bits per heavy atom. The summed E-state index contributed by atoms with van der Waals surface area (Å²) in [6, 6.07) is 0.687. The van der Waals surface area contributed by atoms with Crippen LogP contribution in [0.2, 0.25) is 0 Å². The third-order valence-corrected chi connectivity index (χ3v) is 9.51. The molecule has 2 heterocycles. The molecule has 2 saturated heterocycles. The van der Waals surface area contributed by atoms with Crippen molar-refractivity contribution in [2.45, 2.75) is 105 Å². The van der Waals surface area contributed by atoms with Crippen molar-refractivity contribution >= 4 is 34.5 Å². The number of carbonyl (C=O) groups is 1. The van der Waals surface area contributed by atoms with Crippen molar-refractivity contribution in [3.8, 4) is 0 Å². The zero-order chi connectivity index (χ0) is 20.5. The summed E-state index contributed by atoms with van der Waals surface area (Å²) < 4.78 is 0.157. The number of rotatable bonds is 6. The molecule has 0 radical (unpaired) electrons. The summed E-state index contributed by atoms with van der Waals surface area (Å²) in [5, 5.41) is 11.7. The molecule has 0 aromatic rings. The minimum Gasteiger partial charge on any atom is -0.342 e. The second-order valence-corrected chi connectivity index (χ2v) is 12.6. The fourth-order valence-electron chi connectivity index (χ4n) is 6.49. The molecule has 6 heteroatoms. The van der Waals surface area contributed by atoms with Gasteiger partial charge in [-0.05, 0) is 70.4 Å². The Hall–Kier alpha value is -0.370. The highest BCUT2D eigenvalue weighted by Crippen LogP contribution is 2.46. The fraction of sp³-hybridized carbons (Fsp3) is 0.913. The maximum Gasteiger partial charge on any atom is 0.254 e. The molecule has 0 aromatic carbocycles. The maximum atomic E-state index is 13.4. The molecule has 4 fully saturated rings. The van der Waals surface area contributed by atoms with Gasteiger partial charge in [0, 0.05) is 16.5 Å². The summed E-state index contributed by atoms with van der Waals surface area (Å²) in [5.74, 6) is 1.20. The van der Waals surface area contributed by atoms with Crippen LogP contribution >= 0.6 is 22.6 Å². The van der Waals surface area contributed by atoms with Gasteiger partial charge in [-0.1, -0.05) is 61.1 Å². The molecule has 3 atom stereocenters. The molecule has 4 aliphatic rings. The highest BCUT2D eigenvalue weighted by Gasteiger charge is 2.53. The molecule has 5 nitrogen and oxygen atoms in total. The number of nitrogens with one attached hydrogen (secondary N) is 2. The van der Waals surface area contributed by atoms with Crippen molar-refractivity contribution in [1.82, 2.24) is 15.1 Å². The van der Waals surface area contributed by atoms with Crippen LogP contribution in [0.4, 0.5) is 0 Å². The zero-order valence-corrected chi connectivity index (χ0v) is 20.3. The van der Waals surface area contributed by atoms with Crippen molar-refractivity contribution < 1.29 is 4.79 Å². The Balaban J connectivity index is 1.48. The molecule has 2 N–H and O–H groups in total. The Labute approximate surface area is 190 Å². The van der Waals surface area contributed by atoms with Gasteiger partial charge in [-0.3, -0.25) is 15.1 Å². The van der Waals surface area contributed by atoms with E-state index in [0.717, 1.165) is 25.2 Å². The van der Waals surface area contributed by atoms with Crippen molar-refractivity contribution in [1.29, 1.82) is 5.41 Å². The van der Waals surface area contributed by atoms with E-state index in [1.807, 2.05) is 0 Å². The van der Waals surface area contributed by atoms with Gasteiger partial charge < -0.3 is 10.2 Å². The van der Waals surface area contributed by atoms with Crippen LogP contribution in [0, 0.1) is 11.3 Å². The number of likely N-dealkylation sites (N-methyl/N-ethyl adjacent to an activating group) is 1. The number of alkyl halides is 1. The van der Waals surface area contributed by atoms with Crippen LogP contribution in [0.3, 0.4) is 0 Å². The topological polar surface area (TPSA) is 59.4 Å². The predicted octanol–water partition coefficient (Wildman–Crippen LogP) is 4.68. The van der Waals surface area contributed by atoms with E-state index in [-0.39, 0.29) is 9.33 Å². The van der Waals surface area contributed by atoms with Gasteiger partial charge in [0.25, 0.3) is 5.91 Å². The average Bonchev–Trinajstić information content (AvgIpc) is 3.32. The van der Waals surface area contributed by atoms with Gasteiger partial charge >= 0.3 is 0 Å². The summed E-state index contributed by atoms with van der Waals surface area (Å²) in [4.78, 5) is 17.6. The molecule has 1 amide bonds.